The number of nitrogens with zero attached hydrogens (tertiary/aromatic N) is 1. The smallest absolute Gasteiger partial charge is 0.255 e. The molecule has 5 nitrogen and oxygen atoms in total. The van der Waals surface area contributed by atoms with Gasteiger partial charge >= 0.3 is 0 Å². The number of aromatic hydroxyl groups is 1. The van der Waals surface area contributed by atoms with Crippen LogP contribution in [0.2, 0.25) is 0 Å². The van der Waals surface area contributed by atoms with Crippen molar-refractivity contribution in [1.82, 2.24) is 10.2 Å². The molecular weight excluding hydrogens is 244 g/mol. The second-order valence-electron chi connectivity index (χ2n) is 5.44. The molecule has 0 aliphatic heterocycles. The molecule has 0 aliphatic rings. The van der Waals surface area contributed by atoms with Gasteiger partial charge in [-0.15, -0.1) is 0 Å². The van der Waals surface area contributed by atoms with E-state index in [1.54, 1.807) is 19.1 Å². The Bertz CT molecular complexity index is 456. The molecule has 0 saturated heterocycles. The first-order valence-electron chi connectivity index (χ1n) is 6.16. The number of hydrogen-bond donors (Lipinski definition) is 3. The van der Waals surface area contributed by atoms with Crippen LogP contribution in [-0.2, 0) is 0 Å². The summed E-state index contributed by atoms with van der Waals surface area (Å²) in [7, 11) is 3.70. The van der Waals surface area contributed by atoms with E-state index in [0.717, 1.165) is 5.56 Å². The van der Waals surface area contributed by atoms with Crippen molar-refractivity contribution in [2.45, 2.75) is 19.4 Å². The lowest BCUT2D eigenvalue weighted by atomic mass is 10.1. The summed E-state index contributed by atoms with van der Waals surface area (Å²) in [6, 6.07) is 4.84. The number of phenolic OH excluding ortho intramolecular Hbond substituents is 1. The van der Waals surface area contributed by atoms with Crippen LogP contribution in [0, 0.1) is 6.92 Å². The lowest BCUT2D eigenvalue weighted by molar-refractivity contribution is 0.0325. The van der Waals surface area contributed by atoms with E-state index in [2.05, 4.69) is 5.32 Å². The van der Waals surface area contributed by atoms with Gasteiger partial charge in [0.1, 0.15) is 5.75 Å². The summed E-state index contributed by atoms with van der Waals surface area (Å²) < 4.78 is 0. The molecule has 0 aromatic heterocycles. The number of benzene rings is 1. The predicted molar refractivity (Wildman–Crippen MR) is 74.4 cm³/mol. The zero-order valence-electron chi connectivity index (χ0n) is 11.9. The quantitative estimate of drug-likeness (QED) is 0.735. The van der Waals surface area contributed by atoms with Crippen LogP contribution in [-0.4, -0.2) is 53.8 Å². The third kappa shape index (κ3) is 4.89. The first kappa shape index (κ1) is 15.5. The average Bonchev–Trinajstić information content (AvgIpc) is 2.27. The second-order valence-corrected chi connectivity index (χ2v) is 5.44. The van der Waals surface area contributed by atoms with Crippen molar-refractivity contribution in [3.63, 3.8) is 0 Å². The molecule has 1 amide bonds. The summed E-state index contributed by atoms with van der Waals surface area (Å²) in [5, 5.41) is 22.4. The Kier molecular flexibility index (Phi) is 4.91. The number of hydrogen-bond acceptors (Lipinski definition) is 4. The highest BCUT2D eigenvalue weighted by Crippen LogP contribution is 2.18. The van der Waals surface area contributed by atoms with Crippen LogP contribution >= 0.6 is 0 Å². The predicted octanol–water partition coefficient (Wildman–Crippen LogP) is 0.743. The number of phenols is 1. The van der Waals surface area contributed by atoms with Crippen molar-refractivity contribution >= 4 is 5.91 Å². The lowest BCUT2D eigenvalue weighted by Gasteiger charge is -2.27. The Morgan fingerprint density at radius 1 is 1.42 bits per heavy atom. The summed E-state index contributed by atoms with van der Waals surface area (Å²) >= 11 is 0. The Morgan fingerprint density at radius 3 is 2.63 bits per heavy atom. The van der Waals surface area contributed by atoms with E-state index in [9.17, 15) is 15.0 Å². The van der Waals surface area contributed by atoms with Crippen LogP contribution in [0.25, 0.3) is 0 Å². The minimum Gasteiger partial charge on any atom is -0.507 e. The van der Waals surface area contributed by atoms with Crippen LogP contribution < -0.4 is 5.32 Å². The van der Waals surface area contributed by atoms with Crippen LogP contribution in [0.4, 0.5) is 0 Å². The van der Waals surface area contributed by atoms with E-state index in [-0.39, 0.29) is 23.8 Å². The molecule has 1 aromatic rings. The van der Waals surface area contributed by atoms with Gasteiger partial charge in [0.15, 0.2) is 0 Å². The molecule has 0 saturated carbocycles. The Hall–Kier alpha value is -1.59. The number of aryl methyl sites for hydroxylation is 1. The summed E-state index contributed by atoms with van der Waals surface area (Å²) in [4.78, 5) is 13.8. The van der Waals surface area contributed by atoms with Crippen LogP contribution in [0.3, 0.4) is 0 Å². The summed E-state index contributed by atoms with van der Waals surface area (Å²) in [6.45, 7) is 4.06. The number of amides is 1. The van der Waals surface area contributed by atoms with Gasteiger partial charge in [0.05, 0.1) is 11.2 Å². The minimum absolute atomic E-state index is 0.0599. The Morgan fingerprint density at radius 2 is 2.05 bits per heavy atom. The summed E-state index contributed by atoms with van der Waals surface area (Å²) in [6.07, 6.45) is 0. The van der Waals surface area contributed by atoms with E-state index in [4.69, 9.17) is 0 Å². The number of nitrogens with one attached hydrogen (secondary N) is 1. The van der Waals surface area contributed by atoms with E-state index < -0.39 is 5.60 Å². The fourth-order valence-electron chi connectivity index (χ4n) is 1.93. The molecule has 1 unspecified atom stereocenters. The van der Waals surface area contributed by atoms with Crippen molar-refractivity contribution in [3.8, 4) is 5.75 Å². The lowest BCUT2D eigenvalue weighted by Crippen LogP contribution is -2.47. The van der Waals surface area contributed by atoms with Crippen molar-refractivity contribution in [3.05, 3.63) is 29.3 Å². The number of carbonyl (C=O) groups is 1. The number of carbonyl (C=O) groups excluding carboxylic acids is 1. The van der Waals surface area contributed by atoms with Gasteiger partial charge in [-0.25, -0.2) is 0 Å². The van der Waals surface area contributed by atoms with Gasteiger partial charge in [-0.1, -0.05) is 11.6 Å². The SMILES string of the molecule is Cc1ccc(O)c(C(=O)NCC(C)(O)CN(C)C)c1. The van der Waals surface area contributed by atoms with Crippen LogP contribution in [0.5, 0.6) is 5.75 Å². The Labute approximate surface area is 113 Å². The first-order chi connectivity index (χ1) is 8.71. The van der Waals surface area contributed by atoms with Crippen molar-refractivity contribution in [2.75, 3.05) is 27.2 Å². The van der Waals surface area contributed by atoms with Gasteiger partial charge in [-0.3, -0.25) is 4.79 Å². The first-order valence-corrected chi connectivity index (χ1v) is 6.16. The molecule has 5 heteroatoms. The third-order valence-corrected chi connectivity index (χ3v) is 2.68. The van der Waals surface area contributed by atoms with Crippen molar-refractivity contribution in [2.24, 2.45) is 0 Å². The van der Waals surface area contributed by atoms with Gasteiger partial charge in [-0.2, -0.15) is 0 Å². The maximum absolute atomic E-state index is 12.0. The minimum atomic E-state index is -1.02. The van der Waals surface area contributed by atoms with Crippen LogP contribution in [0.1, 0.15) is 22.8 Å². The molecule has 0 heterocycles. The maximum Gasteiger partial charge on any atom is 0.255 e. The topological polar surface area (TPSA) is 72.8 Å². The molecule has 0 radical (unpaired) electrons. The maximum atomic E-state index is 12.0. The van der Waals surface area contributed by atoms with Gasteiger partial charge < -0.3 is 20.4 Å². The third-order valence-electron chi connectivity index (χ3n) is 2.68. The fraction of sp³-hybridized carbons (Fsp3) is 0.500. The van der Waals surface area contributed by atoms with Crippen molar-refractivity contribution < 1.29 is 15.0 Å². The molecule has 0 aliphatic carbocycles. The highest BCUT2D eigenvalue weighted by Gasteiger charge is 2.23. The molecular formula is C14H22N2O3. The van der Waals surface area contributed by atoms with E-state index in [1.165, 1.54) is 6.07 Å². The molecule has 3 N–H and O–H groups in total. The molecule has 19 heavy (non-hydrogen) atoms. The molecule has 0 bridgehead atoms. The normalized spacial score (nSPS) is 14.2. The number of likely N-dealkylation sites (N-methyl/N-ethyl adjacent to an activating group) is 1. The van der Waals surface area contributed by atoms with Crippen molar-refractivity contribution in [1.29, 1.82) is 0 Å². The largest absolute Gasteiger partial charge is 0.507 e. The monoisotopic (exact) mass is 266 g/mol. The van der Waals surface area contributed by atoms with Crippen LogP contribution in [0.15, 0.2) is 18.2 Å². The summed E-state index contributed by atoms with van der Waals surface area (Å²) in [5.41, 5.74) is 0.0992. The Balaban J connectivity index is 2.68. The molecule has 0 fully saturated rings. The number of rotatable bonds is 5. The molecule has 1 atom stereocenters. The molecule has 1 rings (SSSR count). The average molecular weight is 266 g/mol. The van der Waals surface area contributed by atoms with Gasteiger partial charge in [0.2, 0.25) is 0 Å². The van der Waals surface area contributed by atoms with Gasteiger partial charge in [-0.05, 0) is 40.1 Å². The molecule has 1 aromatic carbocycles. The fourth-order valence-corrected chi connectivity index (χ4v) is 1.93. The second kappa shape index (κ2) is 6.04. The zero-order chi connectivity index (χ0) is 14.6. The van der Waals surface area contributed by atoms with Gasteiger partial charge in [0, 0.05) is 13.1 Å². The van der Waals surface area contributed by atoms with E-state index in [1.807, 2.05) is 25.9 Å². The van der Waals surface area contributed by atoms with E-state index in [0.29, 0.717) is 6.54 Å². The van der Waals surface area contributed by atoms with Gasteiger partial charge in [0.25, 0.3) is 5.91 Å². The zero-order valence-corrected chi connectivity index (χ0v) is 11.9. The highest BCUT2D eigenvalue weighted by molar-refractivity contribution is 5.97. The molecule has 0 spiro atoms. The number of aliphatic hydroxyl groups is 1. The standard InChI is InChI=1S/C14H22N2O3/c1-10-5-6-12(17)11(7-10)13(18)15-8-14(2,19)9-16(3)4/h5-7,17,19H,8-9H2,1-4H3,(H,15,18). The highest BCUT2D eigenvalue weighted by atomic mass is 16.3. The molecule has 106 valence electrons. The summed E-state index contributed by atoms with van der Waals surface area (Å²) in [5.74, 6) is -0.449. The van der Waals surface area contributed by atoms with E-state index >= 15 is 0 Å².